The Labute approximate surface area is 177 Å². The maximum absolute atomic E-state index is 13.2. The van der Waals surface area contributed by atoms with Crippen molar-refractivity contribution in [2.45, 2.75) is 0 Å². The van der Waals surface area contributed by atoms with Gasteiger partial charge in [-0.1, -0.05) is 12.1 Å². The Kier molecular flexibility index (Phi) is 4.68. The summed E-state index contributed by atoms with van der Waals surface area (Å²) in [5, 5.41) is 7.90. The van der Waals surface area contributed by atoms with Crippen LogP contribution < -0.4 is 4.74 Å². The van der Waals surface area contributed by atoms with Gasteiger partial charge in [0.05, 0.1) is 30.2 Å². The number of pyridine rings is 1. The monoisotopic (exact) mass is 407 g/mol. The van der Waals surface area contributed by atoms with Crippen molar-refractivity contribution < 1.29 is 9.53 Å². The van der Waals surface area contributed by atoms with E-state index in [1.807, 2.05) is 36.4 Å². The highest BCUT2D eigenvalue weighted by Crippen LogP contribution is 2.31. The zero-order valence-corrected chi connectivity index (χ0v) is 16.6. The number of aromatic amines is 1. The molecule has 31 heavy (non-hydrogen) atoms. The molecule has 0 aliphatic rings. The summed E-state index contributed by atoms with van der Waals surface area (Å²) in [6.45, 7) is 0. The smallest absolute Gasteiger partial charge is 0.212 e. The molecular formula is C24H17N5O2. The standard InChI is InChI=1S/C24H17N5O2/c1-31-17-8-5-15(6-9-17)24(30)23-18-12-16(7-10-20(18)26-14-27-23)19-13-28-29-22(19)21-4-2-3-11-25-21/h2-14H,1H3,(H,28,29). The molecule has 0 saturated heterocycles. The van der Waals surface area contributed by atoms with Gasteiger partial charge in [0, 0.05) is 22.7 Å². The first-order valence-electron chi connectivity index (χ1n) is 9.63. The average Bonchev–Trinajstić information content (AvgIpc) is 3.33. The van der Waals surface area contributed by atoms with E-state index in [2.05, 4.69) is 25.1 Å². The fourth-order valence-electron chi connectivity index (χ4n) is 3.50. The number of carbonyl (C=O) groups excluding carboxylic acids is 1. The summed E-state index contributed by atoms with van der Waals surface area (Å²) in [5.74, 6) is 0.512. The Morgan fingerprint density at radius 3 is 2.61 bits per heavy atom. The molecule has 3 heterocycles. The first-order valence-corrected chi connectivity index (χ1v) is 9.63. The van der Waals surface area contributed by atoms with Crippen molar-refractivity contribution in [3.05, 3.63) is 90.6 Å². The van der Waals surface area contributed by atoms with Crippen LogP contribution in [-0.2, 0) is 0 Å². The summed E-state index contributed by atoms with van der Waals surface area (Å²) in [6.07, 6.45) is 4.90. The van der Waals surface area contributed by atoms with E-state index < -0.39 is 0 Å². The number of ether oxygens (including phenoxy) is 1. The van der Waals surface area contributed by atoms with Crippen LogP contribution in [0.1, 0.15) is 16.1 Å². The minimum Gasteiger partial charge on any atom is -0.497 e. The van der Waals surface area contributed by atoms with Crippen molar-refractivity contribution in [2.75, 3.05) is 7.11 Å². The Morgan fingerprint density at radius 1 is 0.968 bits per heavy atom. The first kappa shape index (κ1) is 18.6. The number of nitrogens with one attached hydrogen (secondary N) is 1. The molecule has 1 N–H and O–H groups in total. The van der Waals surface area contributed by atoms with Crippen molar-refractivity contribution in [3.8, 4) is 28.3 Å². The third-order valence-electron chi connectivity index (χ3n) is 5.07. The van der Waals surface area contributed by atoms with E-state index in [0.29, 0.717) is 27.9 Å². The second kappa shape index (κ2) is 7.79. The van der Waals surface area contributed by atoms with Crippen LogP contribution in [0, 0.1) is 0 Å². The molecule has 5 aromatic rings. The summed E-state index contributed by atoms with van der Waals surface area (Å²) in [6, 6.07) is 18.4. The molecule has 0 spiro atoms. The van der Waals surface area contributed by atoms with E-state index in [-0.39, 0.29) is 5.78 Å². The summed E-state index contributed by atoms with van der Waals surface area (Å²) in [4.78, 5) is 26.2. The lowest BCUT2D eigenvalue weighted by Crippen LogP contribution is -2.06. The molecule has 0 saturated carbocycles. The number of methoxy groups -OCH3 is 1. The molecule has 0 bridgehead atoms. The van der Waals surface area contributed by atoms with E-state index in [4.69, 9.17) is 4.74 Å². The molecule has 0 unspecified atom stereocenters. The summed E-state index contributed by atoms with van der Waals surface area (Å²) < 4.78 is 5.18. The van der Waals surface area contributed by atoms with Crippen molar-refractivity contribution in [2.24, 2.45) is 0 Å². The van der Waals surface area contributed by atoms with Crippen LogP contribution in [0.2, 0.25) is 0 Å². The number of rotatable bonds is 5. The minimum absolute atomic E-state index is 0.177. The van der Waals surface area contributed by atoms with Gasteiger partial charge in [0.15, 0.2) is 0 Å². The normalized spacial score (nSPS) is 10.9. The predicted molar refractivity (Wildman–Crippen MR) is 117 cm³/mol. The van der Waals surface area contributed by atoms with Gasteiger partial charge in [-0.05, 0) is 54.1 Å². The van der Waals surface area contributed by atoms with Crippen molar-refractivity contribution >= 4 is 16.7 Å². The molecule has 0 atom stereocenters. The Hall–Kier alpha value is -4.39. The van der Waals surface area contributed by atoms with E-state index in [9.17, 15) is 4.79 Å². The second-order valence-corrected chi connectivity index (χ2v) is 6.89. The maximum Gasteiger partial charge on any atom is 0.212 e. The van der Waals surface area contributed by atoms with Gasteiger partial charge in [0.1, 0.15) is 17.8 Å². The van der Waals surface area contributed by atoms with Gasteiger partial charge in [-0.2, -0.15) is 5.10 Å². The molecule has 2 aromatic carbocycles. The summed E-state index contributed by atoms with van der Waals surface area (Å²) in [5.41, 5.74) is 4.93. The van der Waals surface area contributed by atoms with Crippen molar-refractivity contribution in [3.63, 3.8) is 0 Å². The van der Waals surface area contributed by atoms with E-state index in [1.165, 1.54) is 6.33 Å². The largest absolute Gasteiger partial charge is 0.497 e. The number of carbonyl (C=O) groups is 1. The highest BCUT2D eigenvalue weighted by atomic mass is 16.5. The van der Waals surface area contributed by atoms with Crippen LogP contribution in [0.4, 0.5) is 0 Å². The molecule has 0 radical (unpaired) electrons. The summed E-state index contributed by atoms with van der Waals surface area (Å²) in [7, 11) is 1.59. The Balaban J connectivity index is 1.61. The zero-order valence-electron chi connectivity index (χ0n) is 16.6. The topological polar surface area (TPSA) is 93.6 Å². The fourth-order valence-corrected chi connectivity index (χ4v) is 3.50. The number of benzene rings is 2. The molecular weight excluding hydrogens is 390 g/mol. The van der Waals surface area contributed by atoms with E-state index in [1.54, 1.807) is 43.8 Å². The minimum atomic E-state index is -0.177. The van der Waals surface area contributed by atoms with E-state index in [0.717, 1.165) is 22.5 Å². The first-order chi connectivity index (χ1) is 15.2. The van der Waals surface area contributed by atoms with Crippen LogP contribution in [0.3, 0.4) is 0 Å². The van der Waals surface area contributed by atoms with Crippen LogP contribution in [0.15, 0.2) is 79.4 Å². The maximum atomic E-state index is 13.2. The number of hydrogen-bond acceptors (Lipinski definition) is 6. The lowest BCUT2D eigenvalue weighted by atomic mass is 9.99. The van der Waals surface area contributed by atoms with Gasteiger partial charge in [-0.3, -0.25) is 14.9 Å². The SMILES string of the molecule is COc1ccc(C(=O)c2ncnc3ccc(-c4cn[nH]c4-c4ccccn4)cc23)cc1. The third kappa shape index (κ3) is 3.42. The van der Waals surface area contributed by atoms with Crippen molar-refractivity contribution in [1.82, 2.24) is 25.1 Å². The summed E-state index contributed by atoms with van der Waals surface area (Å²) >= 11 is 0. The molecule has 5 rings (SSSR count). The zero-order chi connectivity index (χ0) is 21.2. The lowest BCUT2D eigenvalue weighted by Gasteiger charge is -2.08. The highest BCUT2D eigenvalue weighted by molar-refractivity contribution is 6.15. The Bertz CT molecular complexity index is 1380. The highest BCUT2D eigenvalue weighted by Gasteiger charge is 2.17. The van der Waals surface area contributed by atoms with Gasteiger partial charge in [-0.25, -0.2) is 9.97 Å². The molecule has 7 heteroatoms. The molecule has 0 aliphatic heterocycles. The van der Waals surface area contributed by atoms with Gasteiger partial charge >= 0.3 is 0 Å². The number of fused-ring (bicyclic) bond motifs is 1. The van der Waals surface area contributed by atoms with Crippen LogP contribution >= 0.6 is 0 Å². The number of ketones is 1. The lowest BCUT2D eigenvalue weighted by molar-refractivity contribution is 0.103. The third-order valence-corrected chi connectivity index (χ3v) is 5.07. The average molecular weight is 407 g/mol. The molecule has 7 nitrogen and oxygen atoms in total. The molecule has 150 valence electrons. The molecule has 0 fully saturated rings. The van der Waals surface area contributed by atoms with Crippen LogP contribution in [-0.4, -0.2) is 38.0 Å². The van der Waals surface area contributed by atoms with Crippen LogP contribution in [0.25, 0.3) is 33.4 Å². The molecule has 3 aromatic heterocycles. The number of hydrogen-bond donors (Lipinski definition) is 1. The van der Waals surface area contributed by atoms with E-state index >= 15 is 0 Å². The number of nitrogens with zero attached hydrogens (tertiary/aromatic N) is 4. The number of H-pyrrole nitrogens is 1. The van der Waals surface area contributed by atoms with Gasteiger partial charge < -0.3 is 4.74 Å². The quantitative estimate of drug-likeness (QED) is 0.436. The Morgan fingerprint density at radius 2 is 1.84 bits per heavy atom. The van der Waals surface area contributed by atoms with Crippen LogP contribution in [0.5, 0.6) is 5.75 Å². The molecule has 0 aliphatic carbocycles. The number of aromatic nitrogens is 5. The van der Waals surface area contributed by atoms with Crippen molar-refractivity contribution in [1.29, 1.82) is 0 Å². The fraction of sp³-hybridized carbons (Fsp3) is 0.0417. The second-order valence-electron chi connectivity index (χ2n) is 6.89. The van der Waals surface area contributed by atoms with Gasteiger partial charge in [0.2, 0.25) is 5.78 Å². The molecule has 0 amide bonds. The predicted octanol–water partition coefficient (Wildman–Crippen LogP) is 4.32. The van der Waals surface area contributed by atoms with Gasteiger partial charge in [0.25, 0.3) is 0 Å². The van der Waals surface area contributed by atoms with Gasteiger partial charge in [-0.15, -0.1) is 0 Å².